The molecule has 0 aromatic rings. The maximum Gasteiger partial charge on any atom is 0.312 e. The molecule has 5 nitrogen and oxygen atoms in total. The lowest BCUT2D eigenvalue weighted by molar-refractivity contribution is -0.155. The van der Waals surface area contributed by atoms with Crippen LogP contribution in [-0.2, 0) is 19.1 Å². The number of hydrogen-bond donors (Lipinski definition) is 1. The van der Waals surface area contributed by atoms with E-state index in [1.807, 2.05) is 0 Å². The molecule has 0 radical (unpaired) electrons. The van der Waals surface area contributed by atoms with Gasteiger partial charge >= 0.3 is 11.9 Å². The van der Waals surface area contributed by atoms with Gasteiger partial charge in [0.05, 0.1) is 18.9 Å². The predicted molar refractivity (Wildman–Crippen MR) is 57.5 cm³/mol. The summed E-state index contributed by atoms with van der Waals surface area (Å²) in [5, 5.41) is 8.92. The number of rotatable bonds is 8. The first-order valence-corrected chi connectivity index (χ1v) is 4.80. The van der Waals surface area contributed by atoms with Crippen molar-refractivity contribution in [1.82, 2.24) is 0 Å². The predicted octanol–water partition coefficient (Wildman–Crippen LogP) is 0.443. The van der Waals surface area contributed by atoms with E-state index in [1.165, 1.54) is 12.2 Å². The second-order valence-corrected chi connectivity index (χ2v) is 2.97. The monoisotopic (exact) mass is 228 g/mol. The molecule has 1 unspecified atom stereocenters. The summed E-state index contributed by atoms with van der Waals surface area (Å²) in [6, 6.07) is 0. The Bertz CT molecular complexity index is 259. The lowest BCUT2D eigenvalue weighted by Crippen LogP contribution is -2.25. The quantitative estimate of drug-likeness (QED) is 0.482. The van der Waals surface area contributed by atoms with Gasteiger partial charge in [-0.05, 0) is 0 Å². The summed E-state index contributed by atoms with van der Waals surface area (Å²) in [6.45, 7) is 6.43. The lowest BCUT2D eigenvalue weighted by Gasteiger charge is -2.11. The Morgan fingerprint density at radius 3 is 2.25 bits per heavy atom. The van der Waals surface area contributed by atoms with Crippen LogP contribution >= 0.6 is 0 Å². The topological polar surface area (TPSA) is 72.8 Å². The molecule has 1 atom stereocenters. The van der Waals surface area contributed by atoms with Crippen molar-refractivity contribution in [3.8, 4) is 0 Å². The van der Waals surface area contributed by atoms with E-state index >= 15 is 0 Å². The number of esters is 2. The van der Waals surface area contributed by atoms with Gasteiger partial charge in [0, 0.05) is 0 Å². The molecule has 0 fully saturated rings. The zero-order valence-corrected chi connectivity index (χ0v) is 9.05. The van der Waals surface area contributed by atoms with E-state index in [9.17, 15) is 9.59 Å². The van der Waals surface area contributed by atoms with Gasteiger partial charge in [-0.25, -0.2) is 0 Å². The summed E-state index contributed by atoms with van der Waals surface area (Å²) < 4.78 is 9.39. The molecule has 0 aliphatic rings. The van der Waals surface area contributed by atoms with Crippen molar-refractivity contribution in [1.29, 1.82) is 0 Å². The summed E-state index contributed by atoms with van der Waals surface area (Å²) in [5.74, 6) is -2.11. The van der Waals surface area contributed by atoms with E-state index in [2.05, 4.69) is 17.9 Å². The molecule has 0 saturated carbocycles. The smallest absolute Gasteiger partial charge is 0.312 e. The molecule has 0 spiro atoms. The van der Waals surface area contributed by atoms with E-state index < -0.39 is 24.5 Å². The molecule has 0 aromatic heterocycles. The number of carbonyl (C=O) groups excluding carboxylic acids is 2. The molecule has 1 N–H and O–H groups in total. The highest BCUT2D eigenvalue weighted by Crippen LogP contribution is 2.06. The second kappa shape index (κ2) is 8.67. The summed E-state index contributed by atoms with van der Waals surface area (Å²) in [5.41, 5.74) is 0. The first kappa shape index (κ1) is 14.4. The van der Waals surface area contributed by atoms with Crippen LogP contribution in [0.25, 0.3) is 0 Å². The minimum atomic E-state index is -0.891. The molecular formula is C11H16O5. The molecule has 0 aromatic carbocycles. The Kier molecular flexibility index (Phi) is 7.79. The van der Waals surface area contributed by atoms with Crippen molar-refractivity contribution in [2.45, 2.75) is 6.42 Å². The van der Waals surface area contributed by atoms with Crippen LogP contribution in [0.2, 0.25) is 0 Å². The van der Waals surface area contributed by atoms with Gasteiger partial charge in [0.1, 0.15) is 13.2 Å². The standard InChI is InChI=1S/C11H16O5/c1-3-5-15-10(13)7-9(8-12)11(14)16-6-4-2/h3-4,9,12H,1-2,5-8H2. The van der Waals surface area contributed by atoms with Crippen molar-refractivity contribution in [3.63, 3.8) is 0 Å². The number of aliphatic hydroxyl groups is 1. The van der Waals surface area contributed by atoms with E-state index in [0.717, 1.165) is 0 Å². The Labute approximate surface area is 94.4 Å². The van der Waals surface area contributed by atoms with Crippen molar-refractivity contribution < 1.29 is 24.2 Å². The molecule has 0 amide bonds. The van der Waals surface area contributed by atoms with Gasteiger partial charge in [0.25, 0.3) is 0 Å². The summed E-state index contributed by atoms with van der Waals surface area (Å²) in [7, 11) is 0. The first-order valence-electron chi connectivity index (χ1n) is 4.80. The van der Waals surface area contributed by atoms with Gasteiger partial charge < -0.3 is 14.6 Å². The molecule has 0 aliphatic heterocycles. The van der Waals surface area contributed by atoms with Crippen LogP contribution in [0.4, 0.5) is 0 Å². The van der Waals surface area contributed by atoms with Crippen LogP contribution in [-0.4, -0.2) is 36.9 Å². The van der Waals surface area contributed by atoms with Gasteiger partial charge in [-0.15, -0.1) is 0 Å². The van der Waals surface area contributed by atoms with Crippen LogP contribution < -0.4 is 0 Å². The van der Waals surface area contributed by atoms with Crippen LogP contribution in [0.15, 0.2) is 25.3 Å². The summed E-state index contributed by atoms with van der Waals surface area (Å²) in [4.78, 5) is 22.4. The zero-order chi connectivity index (χ0) is 12.4. The van der Waals surface area contributed by atoms with Crippen LogP contribution in [0.1, 0.15) is 6.42 Å². The third kappa shape index (κ3) is 5.98. The van der Waals surface area contributed by atoms with E-state index in [1.54, 1.807) is 0 Å². The molecule has 0 aliphatic carbocycles. The van der Waals surface area contributed by atoms with Gasteiger partial charge in [-0.2, -0.15) is 0 Å². The number of hydrogen-bond acceptors (Lipinski definition) is 5. The minimum absolute atomic E-state index is 0.0526. The average Bonchev–Trinajstić information content (AvgIpc) is 2.30. The number of ether oxygens (including phenoxy) is 2. The fourth-order valence-corrected chi connectivity index (χ4v) is 0.893. The van der Waals surface area contributed by atoms with Crippen molar-refractivity contribution in [2.24, 2.45) is 5.92 Å². The normalized spacial score (nSPS) is 11.3. The van der Waals surface area contributed by atoms with Crippen molar-refractivity contribution in [3.05, 3.63) is 25.3 Å². The fraction of sp³-hybridized carbons (Fsp3) is 0.455. The largest absolute Gasteiger partial charge is 0.461 e. The minimum Gasteiger partial charge on any atom is -0.461 e. The second-order valence-electron chi connectivity index (χ2n) is 2.97. The van der Waals surface area contributed by atoms with E-state index in [-0.39, 0.29) is 19.6 Å². The van der Waals surface area contributed by atoms with Gasteiger partial charge in [0.15, 0.2) is 0 Å². The van der Waals surface area contributed by atoms with Crippen LogP contribution in [0.5, 0.6) is 0 Å². The molecule has 90 valence electrons. The van der Waals surface area contributed by atoms with Crippen molar-refractivity contribution in [2.75, 3.05) is 19.8 Å². The molecule has 5 heteroatoms. The maximum atomic E-state index is 11.3. The summed E-state index contributed by atoms with van der Waals surface area (Å²) >= 11 is 0. The Morgan fingerprint density at radius 1 is 1.19 bits per heavy atom. The first-order chi connectivity index (χ1) is 7.65. The highest BCUT2D eigenvalue weighted by molar-refractivity contribution is 5.80. The Balaban J connectivity index is 4.06. The molecule has 0 saturated heterocycles. The third-order valence-corrected chi connectivity index (χ3v) is 1.67. The average molecular weight is 228 g/mol. The zero-order valence-electron chi connectivity index (χ0n) is 9.05. The molecule has 0 rings (SSSR count). The van der Waals surface area contributed by atoms with E-state index in [0.29, 0.717) is 0 Å². The lowest BCUT2D eigenvalue weighted by atomic mass is 10.1. The Hall–Kier alpha value is -1.62. The van der Waals surface area contributed by atoms with Crippen molar-refractivity contribution >= 4 is 11.9 Å². The third-order valence-electron chi connectivity index (χ3n) is 1.67. The number of aliphatic hydroxyl groups excluding tert-OH is 1. The number of carbonyl (C=O) groups is 2. The van der Waals surface area contributed by atoms with Gasteiger partial charge in [0.2, 0.25) is 0 Å². The highest BCUT2D eigenvalue weighted by Gasteiger charge is 2.22. The maximum absolute atomic E-state index is 11.3. The molecular weight excluding hydrogens is 212 g/mol. The fourth-order valence-electron chi connectivity index (χ4n) is 0.893. The Morgan fingerprint density at radius 2 is 1.75 bits per heavy atom. The molecule has 0 heterocycles. The van der Waals surface area contributed by atoms with E-state index in [4.69, 9.17) is 9.84 Å². The van der Waals surface area contributed by atoms with Crippen LogP contribution in [0.3, 0.4) is 0 Å². The molecule has 0 bridgehead atoms. The highest BCUT2D eigenvalue weighted by atomic mass is 16.5. The van der Waals surface area contributed by atoms with Crippen LogP contribution in [0, 0.1) is 5.92 Å². The SMILES string of the molecule is C=CCOC(=O)CC(CO)C(=O)OCC=C. The van der Waals surface area contributed by atoms with Gasteiger partial charge in [-0.1, -0.05) is 25.3 Å². The van der Waals surface area contributed by atoms with Gasteiger partial charge in [-0.3, -0.25) is 9.59 Å². The summed E-state index contributed by atoms with van der Waals surface area (Å²) in [6.07, 6.45) is 2.62. The molecule has 16 heavy (non-hydrogen) atoms.